The number of nitrogens with zero attached hydrogens (tertiary/aromatic N) is 3. The SMILES string of the molecule is Cc1ccsc1OC(=O)Nc1cc(CN2CCN(C[C@H](O)CO)CC2)ccc1/C=C/c1n[nH]c2ccccc12. The Morgan fingerprint density at radius 1 is 1.15 bits per heavy atom. The lowest BCUT2D eigenvalue weighted by Gasteiger charge is -2.35. The number of aromatic nitrogens is 2. The zero-order valence-corrected chi connectivity index (χ0v) is 22.7. The van der Waals surface area contributed by atoms with Crippen LogP contribution in [-0.2, 0) is 6.54 Å². The zero-order chi connectivity index (χ0) is 27.2. The summed E-state index contributed by atoms with van der Waals surface area (Å²) in [5.74, 6) is 0. The van der Waals surface area contributed by atoms with Crippen molar-refractivity contribution in [2.24, 2.45) is 0 Å². The minimum atomic E-state index is -0.706. The molecule has 0 unspecified atom stereocenters. The molecule has 2 aromatic heterocycles. The largest absolute Gasteiger partial charge is 0.417 e. The van der Waals surface area contributed by atoms with Crippen LogP contribution in [0.1, 0.15) is 22.4 Å². The molecule has 0 radical (unpaired) electrons. The highest BCUT2D eigenvalue weighted by Crippen LogP contribution is 2.27. The first-order valence-electron chi connectivity index (χ1n) is 13.0. The van der Waals surface area contributed by atoms with Crippen molar-refractivity contribution in [3.8, 4) is 5.06 Å². The van der Waals surface area contributed by atoms with Crippen LogP contribution < -0.4 is 10.1 Å². The number of carbonyl (C=O) groups is 1. The van der Waals surface area contributed by atoms with Crippen molar-refractivity contribution in [3.05, 3.63) is 76.3 Å². The molecule has 0 bridgehead atoms. The molecule has 0 aliphatic carbocycles. The van der Waals surface area contributed by atoms with Crippen LogP contribution in [-0.4, -0.2) is 81.7 Å². The first kappa shape index (κ1) is 27.0. The number of aliphatic hydroxyl groups is 2. The van der Waals surface area contributed by atoms with Crippen molar-refractivity contribution in [3.63, 3.8) is 0 Å². The van der Waals surface area contributed by atoms with Gasteiger partial charge in [-0.1, -0.05) is 36.4 Å². The molecular formula is C29H33N5O4S. The first-order chi connectivity index (χ1) is 19.0. The van der Waals surface area contributed by atoms with E-state index in [0.717, 1.165) is 66.0 Å². The highest BCUT2D eigenvalue weighted by atomic mass is 32.1. The number of benzene rings is 2. The number of amides is 1. The lowest BCUT2D eigenvalue weighted by atomic mass is 10.1. The Morgan fingerprint density at radius 3 is 2.72 bits per heavy atom. The molecule has 10 heteroatoms. The predicted octanol–water partition coefficient (Wildman–Crippen LogP) is 4.18. The Morgan fingerprint density at radius 2 is 1.95 bits per heavy atom. The second-order valence-electron chi connectivity index (χ2n) is 9.73. The molecule has 0 saturated carbocycles. The van der Waals surface area contributed by atoms with E-state index in [1.807, 2.05) is 66.9 Å². The fraction of sp³-hybridized carbons (Fsp3) is 0.310. The average Bonchev–Trinajstić information content (AvgIpc) is 3.54. The number of piperazine rings is 1. The van der Waals surface area contributed by atoms with E-state index >= 15 is 0 Å². The number of aliphatic hydroxyl groups excluding tert-OH is 2. The number of carbonyl (C=O) groups excluding carboxylic acids is 1. The number of nitrogens with one attached hydrogen (secondary N) is 2. The van der Waals surface area contributed by atoms with Gasteiger partial charge in [0.1, 0.15) is 0 Å². The lowest BCUT2D eigenvalue weighted by Crippen LogP contribution is -2.48. The molecule has 3 heterocycles. The van der Waals surface area contributed by atoms with Crippen molar-refractivity contribution in [1.29, 1.82) is 0 Å². The molecule has 1 amide bonds. The molecule has 5 rings (SSSR count). The number of ether oxygens (including phenoxy) is 1. The van der Waals surface area contributed by atoms with Crippen LogP contribution in [0.4, 0.5) is 10.5 Å². The zero-order valence-electron chi connectivity index (χ0n) is 21.8. The van der Waals surface area contributed by atoms with Crippen LogP contribution in [0, 0.1) is 6.92 Å². The third-order valence-electron chi connectivity index (χ3n) is 6.83. The topological polar surface area (TPSA) is 114 Å². The number of β-amino-alcohol motifs (C(OH)–C–C–N with tert-alkyl or cyclic N) is 1. The van der Waals surface area contributed by atoms with E-state index in [-0.39, 0.29) is 6.61 Å². The number of thiophene rings is 1. The van der Waals surface area contributed by atoms with Gasteiger partial charge in [0.25, 0.3) is 0 Å². The summed E-state index contributed by atoms with van der Waals surface area (Å²) in [7, 11) is 0. The van der Waals surface area contributed by atoms with E-state index in [4.69, 9.17) is 9.84 Å². The number of rotatable bonds is 9. The third kappa shape index (κ3) is 6.92. The molecule has 9 nitrogen and oxygen atoms in total. The molecule has 0 spiro atoms. The molecule has 1 atom stereocenters. The molecule has 2 aromatic carbocycles. The second kappa shape index (κ2) is 12.5. The summed E-state index contributed by atoms with van der Waals surface area (Å²) in [6.45, 7) is 6.27. The van der Waals surface area contributed by atoms with Crippen molar-refractivity contribution in [1.82, 2.24) is 20.0 Å². The van der Waals surface area contributed by atoms with Gasteiger partial charge in [-0.25, -0.2) is 4.79 Å². The van der Waals surface area contributed by atoms with Crippen LogP contribution >= 0.6 is 11.3 Å². The molecule has 1 aliphatic rings. The van der Waals surface area contributed by atoms with Gasteiger partial charge in [-0.15, -0.1) is 11.3 Å². The number of anilines is 1. The van der Waals surface area contributed by atoms with Crippen LogP contribution in [0.15, 0.2) is 53.9 Å². The maximum Gasteiger partial charge on any atom is 0.417 e. The van der Waals surface area contributed by atoms with Crippen molar-refractivity contribution >= 4 is 46.2 Å². The van der Waals surface area contributed by atoms with Gasteiger partial charge in [-0.05, 0) is 47.7 Å². The maximum absolute atomic E-state index is 12.8. The van der Waals surface area contributed by atoms with Gasteiger partial charge in [0, 0.05) is 50.2 Å². The quantitative estimate of drug-likeness (QED) is 0.249. The Balaban J connectivity index is 1.32. The van der Waals surface area contributed by atoms with E-state index in [9.17, 15) is 9.90 Å². The van der Waals surface area contributed by atoms with Crippen LogP contribution in [0.3, 0.4) is 0 Å². The van der Waals surface area contributed by atoms with E-state index in [1.54, 1.807) is 0 Å². The average molecular weight is 548 g/mol. The summed E-state index contributed by atoms with van der Waals surface area (Å²) in [6, 6.07) is 15.9. The fourth-order valence-corrected chi connectivity index (χ4v) is 5.44. The highest BCUT2D eigenvalue weighted by molar-refractivity contribution is 7.12. The maximum atomic E-state index is 12.8. The van der Waals surface area contributed by atoms with E-state index in [0.29, 0.717) is 17.3 Å². The van der Waals surface area contributed by atoms with Gasteiger partial charge in [-0.3, -0.25) is 20.2 Å². The number of hydrogen-bond donors (Lipinski definition) is 4. The van der Waals surface area contributed by atoms with Crippen molar-refractivity contribution in [2.45, 2.75) is 19.6 Å². The van der Waals surface area contributed by atoms with Gasteiger partial charge in [0.05, 0.1) is 29.6 Å². The number of aromatic amines is 1. The van der Waals surface area contributed by atoms with Gasteiger partial charge in [-0.2, -0.15) is 5.10 Å². The molecule has 39 heavy (non-hydrogen) atoms. The predicted molar refractivity (Wildman–Crippen MR) is 155 cm³/mol. The Kier molecular flexibility index (Phi) is 8.70. The molecule has 204 valence electrons. The summed E-state index contributed by atoms with van der Waals surface area (Å²) < 4.78 is 5.57. The lowest BCUT2D eigenvalue weighted by molar-refractivity contribution is 0.0383. The minimum Gasteiger partial charge on any atom is -0.399 e. The molecule has 4 N–H and O–H groups in total. The first-order valence-corrected chi connectivity index (χ1v) is 13.9. The summed E-state index contributed by atoms with van der Waals surface area (Å²) in [4.78, 5) is 17.3. The Labute approximate surface area is 231 Å². The molecule has 1 saturated heterocycles. The minimum absolute atomic E-state index is 0.221. The summed E-state index contributed by atoms with van der Waals surface area (Å²) >= 11 is 1.38. The molecule has 1 aliphatic heterocycles. The van der Waals surface area contributed by atoms with Crippen LogP contribution in [0.2, 0.25) is 0 Å². The van der Waals surface area contributed by atoms with Gasteiger partial charge in [0.2, 0.25) is 0 Å². The van der Waals surface area contributed by atoms with E-state index in [1.165, 1.54) is 11.3 Å². The van der Waals surface area contributed by atoms with Gasteiger partial charge < -0.3 is 14.9 Å². The number of hydrogen-bond acceptors (Lipinski definition) is 8. The Hall–Kier alpha value is -3.54. The number of para-hydroxylation sites is 1. The monoisotopic (exact) mass is 547 g/mol. The number of fused-ring (bicyclic) bond motifs is 1. The molecule has 1 fully saturated rings. The van der Waals surface area contributed by atoms with E-state index in [2.05, 4.69) is 31.4 Å². The molecule has 4 aromatic rings. The third-order valence-corrected chi connectivity index (χ3v) is 7.72. The summed E-state index contributed by atoms with van der Waals surface area (Å²) in [5, 5.41) is 32.8. The second-order valence-corrected chi connectivity index (χ2v) is 10.6. The highest BCUT2D eigenvalue weighted by Gasteiger charge is 2.20. The van der Waals surface area contributed by atoms with Gasteiger partial charge >= 0.3 is 6.09 Å². The fourth-order valence-electron chi connectivity index (χ4n) is 4.66. The Bertz CT molecular complexity index is 1440. The number of H-pyrrole nitrogens is 1. The van der Waals surface area contributed by atoms with Crippen LogP contribution in [0.25, 0.3) is 23.1 Å². The van der Waals surface area contributed by atoms with Crippen molar-refractivity contribution < 1.29 is 19.7 Å². The van der Waals surface area contributed by atoms with Gasteiger partial charge in [0.15, 0.2) is 5.06 Å². The smallest absolute Gasteiger partial charge is 0.399 e. The van der Waals surface area contributed by atoms with Crippen molar-refractivity contribution in [2.75, 3.05) is 44.6 Å². The standard InChI is InChI=1S/C29H33N5O4S/c1-20-10-15-39-28(20)38-29(37)30-27-16-21(17-33-11-13-34(14-12-33)18-23(36)19-35)6-7-22(27)8-9-26-24-4-2-3-5-25(24)31-32-26/h2-10,15-16,23,35-36H,11-14,17-19H2,1H3,(H,30,37)(H,31,32)/b9-8+/t23-/m0/s1. The number of aryl methyl sites for hydroxylation is 1. The van der Waals surface area contributed by atoms with Crippen LogP contribution in [0.5, 0.6) is 5.06 Å². The normalized spacial score (nSPS) is 15.7. The van der Waals surface area contributed by atoms with E-state index < -0.39 is 12.2 Å². The summed E-state index contributed by atoms with van der Waals surface area (Å²) in [5.41, 5.74) is 5.28. The molecular weight excluding hydrogens is 514 g/mol. The summed E-state index contributed by atoms with van der Waals surface area (Å²) in [6.07, 6.45) is 2.65.